The van der Waals surface area contributed by atoms with Crippen LogP contribution < -0.4 is 10.6 Å². The summed E-state index contributed by atoms with van der Waals surface area (Å²) in [6.07, 6.45) is 3.80. The van der Waals surface area contributed by atoms with E-state index >= 15 is 0 Å². The molecule has 2 N–H and O–H groups in total. The van der Waals surface area contributed by atoms with Gasteiger partial charge in [-0.3, -0.25) is 4.99 Å². The first-order chi connectivity index (χ1) is 11.1. The second kappa shape index (κ2) is 6.88. The van der Waals surface area contributed by atoms with Crippen molar-refractivity contribution in [2.24, 2.45) is 4.99 Å². The number of nitrogens with one attached hydrogen (secondary N) is 2. The van der Waals surface area contributed by atoms with Crippen molar-refractivity contribution in [1.29, 1.82) is 0 Å². The van der Waals surface area contributed by atoms with E-state index in [-0.39, 0.29) is 0 Å². The van der Waals surface area contributed by atoms with Gasteiger partial charge in [-0.15, -0.1) is 0 Å². The van der Waals surface area contributed by atoms with Crippen LogP contribution in [0.2, 0.25) is 0 Å². The maximum absolute atomic E-state index is 12.8. The maximum Gasteiger partial charge on any atom is 0.266 e. The number of guanidine groups is 1. The molecule has 23 heavy (non-hydrogen) atoms. The number of rotatable bonds is 6. The van der Waals surface area contributed by atoms with E-state index in [4.69, 9.17) is 0 Å². The number of sulfonamides is 1. The standard InChI is InChI=1S/C16H24N4O2S/c1-13-4-2-7-15(12-13)23(21,22)20-11-10-19-16(20)18-9-8-17-14-5-3-6-14/h2,4,7,12,14,17H,3,5-6,8-11H2,1H3,(H,18,19). The average molecular weight is 336 g/mol. The molecular weight excluding hydrogens is 312 g/mol. The minimum absolute atomic E-state index is 0.321. The number of hydrogen-bond donors (Lipinski definition) is 2. The molecule has 1 fully saturated rings. The zero-order valence-electron chi connectivity index (χ0n) is 13.5. The van der Waals surface area contributed by atoms with Crippen molar-refractivity contribution < 1.29 is 8.42 Å². The highest BCUT2D eigenvalue weighted by Crippen LogP contribution is 2.19. The predicted octanol–water partition coefficient (Wildman–Crippen LogP) is 1.09. The topological polar surface area (TPSA) is 73.8 Å². The first-order valence-electron chi connectivity index (χ1n) is 8.18. The summed E-state index contributed by atoms with van der Waals surface area (Å²) in [4.78, 5) is 4.63. The Labute approximate surface area is 138 Å². The number of nitrogens with zero attached hydrogens (tertiary/aromatic N) is 2. The Bertz CT molecular complexity index is 683. The van der Waals surface area contributed by atoms with Crippen LogP contribution in [0.3, 0.4) is 0 Å². The van der Waals surface area contributed by atoms with E-state index in [9.17, 15) is 8.42 Å². The Kier molecular flexibility index (Phi) is 4.87. The monoisotopic (exact) mass is 336 g/mol. The molecule has 1 aromatic carbocycles. The highest BCUT2D eigenvalue weighted by molar-refractivity contribution is 7.89. The van der Waals surface area contributed by atoms with Gasteiger partial charge in [0.15, 0.2) is 0 Å². The normalized spacial score (nSPS) is 18.7. The number of aliphatic imine (C=N–C) groups is 1. The molecule has 1 aliphatic heterocycles. The Hall–Kier alpha value is -1.60. The minimum Gasteiger partial charge on any atom is -0.354 e. The number of hydrogen-bond acceptors (Lipinski definition) is 5. The molecule has 2 aliphatic rings. The Balaban J connectivity index is 1.60. The fourth-order valence-electron chi connectivity index (χ4n) is 2.78. The van der Waals surface area contributed by atoms with Crippen molar-refractivity contribution in [1.82, 2.24) is 14.9 Å². The molecule has 0 amide bonds. The average Bonchev–Trinajstić information content (AvgIpc) is 2.94. The molecule has 0 unspecified atom stereocenters. The summed E-state index contributed by atoms with van der Waals surface area (Å²) in [6, 6.07) is 7.63. The van der Waals surface area contributed by atoms with E-state index in [1.165, 1.54) is 23.6 Å². The molecule has 1 saturated carbocycles. The van der Waals surface area contributed by atoms with Gasteiger partial charge in [0.1, 0.15) is 0 Å². The SMILES string of the molecule is Cc1cccc(S(=O)(=O)N2CCN=C2NCCNC2CCC2)c1. The van der Waals surface area contributed by atoms with Gasteiger partial charge >= 0.3 is 0 Å². The number of benzene rings is 1. The zero-order valence-corrected chi connectivity index (χ0v) is 14.3. The fourth-order valence-corrected chi connectivity index (χ4v) is 4.29. The molecule has 6 nitrogen and oxygen atoms in total. The van der Waals surface area contributed by atoms with Crippen molar-refractivity contribution in [3.8, 4) is 0 Å². The van der Waals surface area contributed by atoms with Gasteiger partial charge in [-0.05, 0) is 37.5 Å². The summed E-state index contributed by atoms with van der Waals surface area (Å²) in [5.74, 6) is 0.460. The van der Waals surface area contributed by atoms with Crippen LogP contribution in [0.5, 0.6) is 0 Å². The minimum atomic E-state index is -3.54. The van der Waals surface area contributed by atoms with Crippen molar-refractivity contribution in [3.63, 3.8) is 0 Å². The molecule has 1 aromatic rings. The van der Waals surface area contributed by atoms with Crippen LogP contribution >= 0.6 is 0 Å². The Morgan fingerprint density at radius 2 is 2.13 bits per heavy atom. The molecule has 0 aromatic heterocycles. The van der Waals surface area contributed by atoms with Crippen LogP contribution in [-0.4, -0.2) is 50.9 Å². The lowest BCUT2D eigenvalue weighted by molar-refractivity contribution is 0.342. The van der Waals surface area contributed by atoms with Crippen molar-refractivity contribution in [2.75, 3.05) is 26.2 Å². The molecule has 126 valence electrons. The highest BCUT2D eigenvalue weighted by atomic mass is 32.2. The van der Waals surface area contributed by atoms with Crippen LogP contribution in [-0.2, 0) is 10.0 Å². The predicted molar refractivity (Wildman–Crippen MR) is 91.0 cm³/mol. The molecule has 0 atom stereocenters. The summed E-state index contributed by atoms with van der Waals surface area (Å²) < 4.78 is 26.9. The molecule has 1 heterocycles. The van der Waals surface area contributed by atoms with Gasteiger partial charge in [0, 0.05) is 19.1 Å². The van der Waals surface area contributed by atoms with Crippen molar-refractivity contribution >= 4 is 16.0 Å². The summed E-state index contributed by atoms with van der Waals surface area (Å²) >= 11 is 0. The van der Waals surface area contributed by atoms with E-state index in [1.807, 2.05) is 13.0 Å². The van der Waals surface area contributed by atoms with E-state index in [0.29, 0.717) is 36.5 Å². The summed E-state index contributed by atoms with van der Waals surface area (Å²) in [6.45, 7) is 4.29. The van der Waals surface area contributed by atoms with Crippen molar-refractivity contribution in [2.45, 2.75) is 37.1 Å². The third-order valence-electron chi connectivity index (χ3n) is 4.32. The van der Waals surface area contributed by atoms with Gasteiger partial charge in [0.25, 0.3) is 10.0 Å². The van der Waals surface area contributed by atoms with Gasteiger partial charge in [0.2, 0.25) is 5.96 Å². The largest absolute Gasteiger partial charge is 0.354 e. The lowest BCUT2D eigenvalue weighted by atomic mass is 9.93. The molecule has 0 saturated heterocycles. The van der Waals surface area contributed by atoms with E-state index in [2.05, 4.69) is 15.6 Å². The number of aryl methyl sites for hydroxylation is 1. The highest BCUT2D eigenvalue weighted by Gasteiger charge is 2.30. The summed E-state index contributed by atoms with van der Waals surface area (Å²) in [5, 5.41) is 6.61. The van der Waals surface area contributed by atoms with E-state index in [0.717, 1.165) is 12.1 Å². The molecule has 0 spiro atoms. The quantitative estimate of drug-likeness (QED) is 0.763. The second-order valence-corrected chi connectivity index (χ2v) is 7.97. The summed E-state index contributed by atoms with van der Waals surface area (Å²) in [5.41, 5.74) is 0.932. The lowest BCUT2D eigenvalue weighted by Crippen LogP contribution is -2.45. The van der Waals surface area contributed by atoms with Crippen LogP contribution in [0.15, 0.2) is 34.2 Å². The lowest BCUT2D eigenvalue weighted by Gasteiger charge is -2.27. The molecule has 1 aliphatic carbocycles. The smallest absolute Gasteiger partial charge is 0.266 e. The first-order valence-corrected chi connectivity index (χ1v) is 9.62. The van der Waals surface area contributed by atoms with Gasteiger partial charge in [-0.2, -0.15) is 0 Å². The van der Waals surface area contributed by atoms with Crippen LogP contribution in [0, 0.1) is 6.92 Å². The molecule has 0 radical (unpaired) electrons. The van der Waals surface area contributed by atoms with E-state index < -0.39 is 10.0 Å². The van der Waals surface area contributed by atoms with Crippen LogP contribution in [0.1, 0.15) is 24.8 Å². The third kappa shape index (κ3) is 3.67. The zero-order chi connectivity index (χ0) is 16.3. The molecule has 0 bridgehead atoms. The van der Waals surface area contributed by atoms with Gasteiger partial charge < -0.3 is 10.6 Å². The molecular formula is C16H24N4O2S. The Morgan fingerprint density at radius 3 is 2.83 bits per heavy atom. The van der Waals surface area contributed by atoms with Gasteiger partial charge in [-0.25, -0.2) is 12.7 Å². The van der Waals surface area contributed by atoms with Gasteiger partial charge in [-0.1, -0.05) is 18.6 Å². The van der Waals surface area contributed by atoms with Crippen molar-refractivity contribution in [3.05, 3.63) is 29.8 Å². The van der Waals surface area contributed by atoms with E-state index in [1.54, 1.807) is 18.2 Å². The summed E-state index contributed by atoms with van der Waals surface area (Å²) in [7, 11) is -3.54. The second-order valence-electron chi connectivity index (χ2n) is 6.11. The third-order valence-corrected chi connectivity index (χ3v) is 6.11. The van der Waals surface area contributed by atoms with Crippen LogP contribution in [0.25, 0.3) is 0 Å². The first kappa shape index (κ1) is 16.3. The van der Waals surface area contributed by atoms with Crippen LogP contribution in [0.4, 0.5) is 0 Å². The van der Waals surface area contributed by atoms with Gasteiger partial charge in [0.05, 0.1) is 18.0 Å². The Morgan fingerprint density at radius 1 is 1.30 bits per heavy atom. The molecule has 3 rings (SSSR count). The fraction of sp³-hybridized carbons (Fsp3) is 0.562. The molecule has 7 heteroatoms. The maximum atomic E-state index is 12.8.